The number of halogens is 2. The molecule has 0 fully saturated rings. The molecular formula is C11H12F2N2. The third-order valence-corrected chi connectivity index (χ3v) is 2.50. The van der Waals surface area contributed by atoms with Gasteiger partial charge in [-0.25, -0.2) is 8.78 Å². The first-order chi connectivity index (χ1) is 7.15. The van der Waals surface area contributed by atoms with E-state index in [2.05, 4.69) is 4.99 Å². The van der Waals surface area contributed by atoms with Gasteiger partial charge in [0.2, 0.25) is 0 Å². The predicted molar refractivity (Wildman–Crippen MR) is 54.6 cm³/mol. The number of hydrogen-bond acceptors (Lipinski definition) is 2. The summed E-state index contributed by atoms with van der Waals surface area (Å²) in [5.41, 5.74) is 6.17. The molecule has 0 saturated heterocycles. The van der Waals surface area contributed by atoms with Crippen molar-refractivity contribution in [2.75, 3.05) is 0 Å². The van der Waals surface area contributed by atoms with Crippen LogP contribution in [-0.4, -0.2) is 5.84 Å². The summed E-state index contributed by atoms with van der Waals surface area (Å²) in [6.45, 7) is 0. The molecule has 2 rings (SSSR count). The second-order valence-electron chi connectivity index (χ2n) is 3.73. The third-order valence-electron chi connectivity index (χ3n) is 2.50. The molecule has 0 spiro atoms. The van der Waals surface area contributed by atoms with Crippen LogP contribution in [0, 0.1) is 11.6 Å². The second kappa shape index (κ2) is 3.96. The summed E-state index contributed by atoms with van der Waals surface area (Å²) in [4.78, 5) is 4.20. The Hall–Kier alpha value is -1.45. The van der Waals surface area contributed by atoms with Gasteiger partial charge >= 0.3 is 0 Å². The number of amidine groups is 1. The third kappa shape index (κ3) is 2.32. The summed E-state index contributed by atoms with van der Waals surface area (Å²) in [5.74, 6) is -0.565. The lowest BCUT2D eigenvalue weighted by Gasteiger charge is -2.18. The highest BCUT2D eigenvalue weighted by atomic mass is 19.1. The number of benzene rings is 1. The zero-order valence-electron chi connectivity index (χ0n) is 8.21. The molecule has 0 bridgehead atoms. The van der Waals surface area contributed by atoms with Crippen molar-refractivity contribution in [3.63, 3.8) is 0 Å². The minimum absolute atomic E-state index is 0.191. The van der Waals surface area contributed by atoms with E-state index in [1.165, 1.54) is 12.1 Å². The summed E-state index contributed by atoms with van der Waals surface area (Å²) in [6.07, 6.45) is 2.48. The topological polar surface area (TPSA) is 38.4 Å². The van der Waals surface area contributed by atoms with Crippen molar-refractivity contribution in [2.24, 2.45) is 10.7 Å². The second-order valence-corrected chi connectivity index (χ2v) is 3.73. The van der Waals surface area contributed by atoms with Crippen LogP contribution < -0.4 is 5.73 Å². The smallest absolute Gasteiger partial charge is 0.126 e. The Bertz CT molecular complexity index is 381. The molecule has 4 heteroatoms. The van der Waals surface area contributed by atoms with Crippen molar-refractivity contribution < 1.29 is 8.78 Å². The molecule has 2 nitrogen and oxygen atoms in total. The van der Waals surface area contributed by atoms with Crippen molar-refractivity contribution in [2.45, 2.75) is 25.3 Å². The number of rotatable bonds is 1. The van der Waals surface area contributed by atoms with Gasteiger partial charge in [0.25, 0.3) is 0 Å². The molecule has 0 radical (unpaired) electrons. The Labute approximate surface area is 86.8 Å². The summed E-state index contributed by atoms with van der Waals surface area (Å²) in [5, 5.41) is 0. The molecule has 0 aliphatic carbocycles. The Morgan fingerprint density at radius 2 is 1.87 bits per heavy atom. The van der Waals surface area contributed by atoms with E-state index in [1.54, 1.807) is 0 Å². The maximum Gasteiger partial charge on any atom is 0.126 e. The number of aliphatic imine (C=N–C) groups is 1. The van der Waals surface area contributed by atoms with Crippen LogP contribution in [0.1, 0.15) is 30.9 Å². The van der Waals surface area contributed by atoms with Crippen LogP contribution in [0.2, 0.25) is 0 Å². The first kappa shape index (κ1) is 10.1. The average molecular weight is 210 g/mol. The maximum absolute atomic E-state index is 13.0. The van der Waals surface area contributed by atoms with Crippen molar-refractivity contribution in [1.29, 1.82) is 0 Å². The molecule has 2 N–H and O–H groups in total. The van der Waals surface area contributed by atoms with Crippen LogP contribution in [0.5, 0.6) is 0 Å². The zero-order chi connectivity index (χ0) is 10.8. The van der Waals surface area contributed by atoms with E-state index < -0.39 is 11.6 Å². The van der Waals surface area contributed by atoms with Gasteiger partial charge in [-0.05, 0) is 30.5 Å². The monoisotopic (exact) mass is 210 g/mol. The van der Waals surface area contributed by atoms with E-state index in [1.807, 2.05) is 0 Å². The summed E-state index contributed by atoms with van der Waals surface area (Å²) in [6, 6.07) is 3.30. The first-order valence-corrected chi connectivity index (χ1v) is 4.93. The van der Waals surface area contributed by atoms with Crippen LogP contribution >= 0.6 is 0 Å². The van der Waals surface area contributed by atoms with Crippen molar-refractivity contribution >= 4 is 5.84 Å². The molecule has 0 unspecified atom stereocenters. The maximum atomic E-state index is 13.0. The van der Waals surface area contributed by atoms with E-state index in [0.29, 0.717) is 11.4 Å². The summed E-state index contributed by atoms with van der Waals surface area (Å²) < 4.78 is 25.9. The van der Waals surface area contributed by atoms with E-state index >= 15 is 0 Å². The molecule has 15 heavy (non-hydrogen) atoms. The molecule has 1 aromatic carbocycles. The number of hydrogen-bond donors (Lipinski definition) is 1. The lowest BCUT2D eigenvalue weighted by Crippen LogP contribution is -2.18. The van der Waals surface area contributed by atoms with Crippen LogP contribution in [0.15, 0.2) is 23.2 Å². The normalized spacial score (nSPS) is 21.2. The van der Waals surface area contributed by atoms with Gasteiger partial charge in [-0.3, -0.25) is 4.99 Å². The first-order valence-electron chi connectivity index (χ1n) is 4.93. The molecule has 1 atom stereocenters. The van der Waals surface area contributed by atoms with Crippen LogP contribution in [-0.2, 0) is 0 Å². The number of nitrogens with two attached hydrogens (primary N) is 1. The molecule has 1 heterocycles. The van der Waals surface area contributed by atoms with Crippen LogP contribution in [0.25, 0.3) is 0 Å². The van der Waals surface area contributed by atoms with Gasteiger partial charge < -0.3 is 5.73 Å². The Morgan fingerprint density at radius 1 is 1.20 bits per heavy atom. The predicted octanol–water partition coefficient (Wildman–Crippen LogP) is 2.55. The van der Waals surface area contributed by atoms with Gasteiger partial charge in [0, 0.05) is 12.5 Å². The van der Waals surface area contributed by atoms with Gasteiger partial charge in [-0.2, -0.15) is 0 Å². The Balaban J connectivity index is 2.32. The van der Waals surface area contributed by atoms with E-state index in [-0.39, 0.29) is 6.04 Å². The lowest BCUT2D eigenvalue weighted by atomic mass is 9.98. The van der Waals surface area contributed by atoms with E-state index in [4.69, 9.17) is 5.73 Å². The summed E-state index contributed by atoms with van der Waals surface area (Å²) in [7, 11) is 0. The molecule has 0 saturated carbocycles. The van der Waals surface area contributed by atoms with Crippen molar-refractivity contribution in [3.8, 4) is 0 Å². The molecule has 1 aliphatic rings. The van der Waals surface area contributed by atoms with Gasteiger partial charge in [-0.1, -0.05) is 0 Å². The lowest BCUT2D eigenvalue weighted by molar-refractivity contribution is 0.555. The Kier molecular flexibility index (Phi) is 2.66. The fourth-order valence-corrected chi connectivity index (χ4v) is 1.81. The fraction of sp³-hybridized carbons (Fsp3) is 0.364. The number of nitrogens with zero attached hydrogens (tertiary/aromatic N) is 1. The highest BCUT2D eigenvalue weighted by Gasteiger charge is 2.16. The molecule has 1 aliphatic heterocycles. The largest absolute Gasteiger partial charge is 0.387 e. The Morgan fingerprint density at radius 3 is 2.47 bits per heavy atom. The van der Waals surface area contributed by atoms with Gasteiger partial charge in [0.1, 0.15) is 11.6 Å². The van der Waals surface area contributed by atoms with Crippen molar-refractivity contribution in [1.82, 2.24) is 0 Å². The molecular weight excluding hydrogens is 198 g/mol. The minimum Gasteiger partial charge on any atom is -0.387 e. The van der Waals surface area contributed by atoms with E-state index in [9.17, 15) is 8.78 Å². The van der Waals surface area contributed by atoms with Gasteiger partial charge in [0.15, 0.2) is 0 Å². The highest BCUT2D eigenvalue weighted by Crippen LogP contribution is 2.28. The van der Waals surface area contributed by atoms with Crippen LogP contribution in [0.3, 0.4) is 0 Å². The molecule has 80 valence electrons. The fourth-order valence-electron chi connectivity index (χ4n) is 1.81. The zero-order valence-corrected chi connectivity index (χ0v) is 8.21. The van der Waals surface area contributed by atoms with Crippen molar-refractivity contribution in [3.05, 3.63) is 35.4 Å². The highest BCUT2D eigenvalue weighted by molar-refractivity contribution is 5.81. The molecule has 0 aromatic heterocycles. The SMILES string of the molecule is NC1=N[C@@H](c2cc(F)cc(F)c2)CCC1. The minimum atomic E-state index is -0.565. The van der Waals surface area contributed by atoms with Crippen LogP contribution in [0.4, 0.5) is 8.78 Å². The summed E-state index contributed by atoms with van der Waals surface area (Å²) >= 11 is 0. The van der Waals surface area contributed by atoms with Gasteiger partial charge in [-0.15, -0.1) is 0 Å². The van der Waals surface area contributed by atoms with Gasteiger partial charge in [0.05, 0.1) is 11.9 Å². The van der Waals surface area contributed by atoms with E-state index in [0.717, 1.165) is 25.3 Å². The average Bonchev–Trinajstić information content (AvgIpc) is 2.16. The standard InChI is InChI=1S/C11H12F2N2/c12-8-4-7(5-9(13)6-8)10-2-1-3-11(14)15-10/h4-6,10H,1-3H2,(H2,14,15)/t10-/m1/s1. The quantitative estimate of drug-likeness (QED) is 0.760. The molecule has 0 amide bonds. The molecule has 1 aromatic rings.